The molecule has 2 aromatic carbocycles. The summed E-state index contributed by atoms with van der Waals surface area (Å²) in [4.78, 5) is 7.80. The molecule has 0 saturated carbocycles. The Morgan fingerprint density at radius 1 is 0.700 bits per heavy atom. The van der Waals surface area contributed by atoms with Crippen molar-refractivity contribution in [3.63, 3.8) is 0 Å². The van der Waals surface area contributed by atoms with E-state index in [1.165, 1.54) is 12.1 Å². The van der Waals surface area contributed by atoms with Crippen molar-refractivity contribution >= 4 is 51.1 Å². The Morgan fingerprint density at radius 2 is 1.10 bits per heavy atom. The van der Waals surface area contributed by atoms with E-state index in [0.717, 1.165) is 22.1 Å². The molecule has 0 amide bonds. The van der Waals surface area contributed by atoms with Gasteiger partial charge in [0.2, 0.25) is 0 Å². The summed E-state index contributed by atoms with van der Waals surface area (Å²) in [5.74, 6) is 0. The second-order valence-corrected chi connectivity index (χ2v) is 9.26. The number of nitrogens with zero attached hydrogens (tertiary/aromatic N) is 4. The van der Waals surface area contributed by atoms with Gasteiger partial charge in [-0.05, 0) is 24.3 Å². The maximum Gasteiger partial charge on any atom is 0.475 e. The quantitative estimate of drug-likeness (QED) is 0.333. The number of imidazole rings is 2. The molecule has 0 N–H and O–H groups in total. The highest BCUT2D eigenvalue weighted by atomic mass is 32.3. The van der Waals surface area contributed by atoms with Gasteiger partial charge in [-0.15, -0.1) is 9.46 Å². The van der Waals surface area contributed by atoms with E-state index in [1.807, 2.05) is 0 Å². The van der Waals surface area contributed by atoms with E-state index in [1.54, 1.807) is 36.4 Å². The molecule has 0 bridgehead atoms. The summed E-state index contributed by atoms with van der Waals surface area (Å²) in [7, 11) is -14.1. The lowest BCUT2D eigenvalue weighted by Crippen LogP contribution is -2.22. The summed E-state index contributed by atoms with van der Waals surface area (Å²) in [5, 5.41) is 0. The molecule has 30 heavy (non-hydrogen) atoms. The molecular formula is C14H11N4O9PS2. The van der Waals surface area contributed by atoms with Crippen molar-refractivity contribution in [2.24, 2.45) is 0 Å². The third kappa shape index (κ3) is 4.44. The molecule has 0 aliphatic heterocycles. The van der Waals surface area contributed by atoms with Gasteiger partial charge in [-0.3, -0.25) is 13.1 Å². The molecule has 0 saturated heterocycles. The van der Waals surface area contributed by atoms with Crippen LogP contribution in [0.3, 0.4) is 0 Å². The highest BCUT2D eigenvalue weighted by molar-refractivity contribution is 7.88. The van der Waals surface area contributed by atoms with Crippen molar-refractivity contribution in [2.45, 2.75) is 0 Å². The average molecular weight is 474 g/mol. The molecule has 2 aromatic heterocycles. The number of benzene rings is 2. The van der Waals surface area contributed by atoms with Gasteiger partial charge in [-0.1, -0.05) is 24.3 Å². The first-order valence-electron chi connectivity index (χ1n) is 7.89. The maximum absolute atomic E-state index is 11.9. The predicted molar refractivity (Wildman–Crippen MR) is 102 cm³/mol. The Kier molecular flexibility index (Phi) is 5.21. The molecule has 158 valence electrons. The van der Waals surface area contributed by atoms with Gasteiger partial charge in [0.15, 0.2) is 0 Å². The number of fused-ring (bicyclic) bond motifs is 2. The first-order valence-corrected chi connectivity index (χ1v) is 11.8. The Hall–Kier alpha value is -2.97. The van der Waals surface area contributed by atoms with Crippen LogP contribution in [0, 0.1) is 0 Å². The van der Waals surface area contributed by atoms with Gasteiger partial charge < -0.3 is 0 Å². The molecule has 2 heterocycles. The Labute approximate surface area is 169 Å². The molecular weight excluding hydrogens is 463 g/mol. The van der Waals surface area contributed by atoms with Crippen LogP contribution in [0.5, 0.6) is 0 Å². The average Bonchev–Trinajstić information content (AvgIpc) is 3.25. The fraction of sp³-hybridized carbons (Fsp3) is 0. The summed E-state index contributed by atoms with van der Waals surface area (Å²) in [6, 6.07) is 12.8. The minimum Gasteiger partial charge on any atom is -0.264 e. The van der Waals surface area contributed by atoms with E-state index in [9.17, 15) is 21.4 Å². The van der Waals surface area contributed by atoms with Gasteiger partial charge in [0.05, 0.1) is 11.0 Å². The molecule has 4 rings (SSSR count). The lowest BCUT2D eigenvalue weighted by Gasteiger charge is -2.08. The van der Waals surface area contributed by atoms with Crippen LogP contribution >= 0.6 is 8.25 Å². The molecule has 0 fully saturated rings. The van der Waals surface area contributed by atoms with Gasteiger partial charge in [-0.25, -0.2) is 9.97 Å². The minimum absolute atomic E-state index is 0.271. The summed E-state index contributed by atoms with van der Waals surface area (Å²) < 4.78 is 78.5. The van der Waals surface area contributed by atoms with E-state index in [4.69, 9.17) is 0 Å². The standard InChI is InChI=1S/C14H11N4O9PS2/c19-28(26-29(20,21)24-17-9-15-11-5-1-3-7-13(11)17)27-30(22,23)25-18-10-16-12-6-2-4-8-14(12)18/h1-10,28H. The van der Waals surface area contributed by atoms with Crippen molar-refractivity contribution in [3.8, 4) is 0 Å². The Balaban J connectivity index is 1.44. The van der Waals surface area contributed by atoms with Crippen LogP contribution in [0.1, 0.15) is 0 Å². The molecule has 16 heteroatoms. The third-order valence-electron chi connectivity index (χ3n) is 3.53. The molecule has 0 radical (unpaired) electrons. The Bertz CT molecular complexity index is 1350. The molecule has 0 aliphatic carbocycles. The van der Waals surface area contributed by atoms with Gasteiger partial charge >= 0.3 is 29.1 Å². The zero-order valence-electron chi connectivity index (χ0n) is 14.6. The van der Waals surface area contributed by atoms with Gasteiger partial charge in [0.1, 0.15) is 23.7 Å². The van der Waals surface area contributed by atoms with E-state index in [0.29, 0.717) is 11.0 Å². The maximum atomic E-state index is 11.9. The topological polar surface area (TPSA) is 158 Å². The van der Waals surface area contributed by atoms with E-state index < -0.39 is 29.1 Å². The van der Waals surface area contributed by atoms with Gasteiger partial charge in [0.25, 0.3) is 0 Å². The van der Waals surface area contributed by atoms with Crippen molar-refractivity contribution in [1.82, 2.24) is 19.4 Å². The fourth-order valence-electron chi connectivity index (χ4n) is 2.40. The van der Waals surface area contributed by atoms with Crippen LogP contribution < -0.4 is 8.57 Å². The molecule has 0 unspecified atom stereocenters. The summed E-state index contributed by atoms with van der Waals surface area (Å²) in [6.07, 6.45) is 2.07. The first-order chi connectivity index (χ1) is 14.2. The first kappa shape index (κ1) is 20.3. The van der Waals surface area contributed by atoms with E-state index in [-0.39, 0.29) is 11.0 Å². The van der Waals surface area contributed by atoms with Crippen LogP contribution in [0.2, 0.25) is 0 Å². The van der Waals surface area contributed by atoms with Crippen LogP contribution in [-0.4, -0.2) is 36.3 Å². The van der Waals surface area contributed by atoms with Crippen molar-refractivity contribution < 1.29 is 37.9 Å². The van der Waals surface area contributed by atoms with Crippen molar-refractivity contribution in [1.29, 1.82) is 0 Å². The minimum atomic E-state index is -4.97. The largest absolute Gasteiger partial charge is 0.475 e. The molecule has 0 spiro atoms. The molecule has 4 aromatic rings. The lowest BCUT2D eigenvalue weighted by molar-refractivity contribution is 0.236. The van der Waals surface area contributed by atoms with E-state index >= 15 is 0 Å². The number of rotatable bonds is 8. The number of hydrogen-bond donors (Lipinski definition) is 0. The Morgan fingerprint density at radius 3 is 1.53 bits per heavy atom. The summed E-state index contributed by atoms with van der Waals surface area (Å²) in [6.45, 7) is 0. The van der Waals surface area contributed by atoms with Crippen LogP contribution in [0.4, 0.5) is 0 Å². The van der Waals surface area contributed by atoms with Crippen LogP contribution in [-0.2, 0) is 33.3 Å². The van der Waals surface area contributed by atoms with Gasteiger partial charge in [0, 0.05) is 0 Å². The highest BCUT2D eigenvalue weighted by Crippen LogP contribution is 2.29. The zero-order valence-corrected chi connectivity index (χ0v) is 17.2. The smallest absolute Gasteiger partial charge is 0.264 e. The normalized spacial score (nSPS) is 12.6. The van der Waals surface area contributed by atoms with Crippen molar-refractivity contribution in [3.05, 3.63) is 61.2 Å². The summed E-state index contributed by atoms with van der Waals surface area (Å²) in [5.41, 5.74) is 1.38. The number of hydrogen-bond acceptors (Lipinski definition) is 11. The molecule has 13 nitrogen and oxygen atoms in total. The van der Waals surface area contributed by atoms with Gasteiger partial charge in [-0.2, -0.15) is 24.8 Å². The number of para-hydroxylation sites is 4. The monoisotopic (exact) mass is 474 g/mol. The SMILES string of the molecule is O=[PH](OS(=O)(=O)On1cnc2ccccc21)OS(=O)(=O)On1cnc2ccccc21. The molecule has 0 atom stereocenters. The fourth-order valence-corrected chi connectivity index (χ4v) is 4.97. The summed E-state index contributed by atoms with van der Waals surface area (Å²) >= 11 is 0. The van der Waals surface area contributed by atoms with Crippen LogP contribution in [0.15, 0.2) is 61.2 Å². The number of aromatic nitrogens is 4. The second kappa shape index (κ2) is 7.70. The van der Waals surface area contributed by atoms with Crippen LogP contribution in [0.25, 0.3) is 22.1 Å². The zero-order chi connectivity index (χ0) is 21.4. The second-order valence-electron chi connectivity index (χ2n) is 5.50. The third-order valence-corrected chi connectivity index (χ3v) is 6.93. The van der Waals surface area contributed by atoms with Crippen molar-refractivity contribution in [2.75, 3.05) is 0 Å². The van der Waals surface area contributed by atoms with E-state index in [2.05, 4.69) is 26.5 Å². The lowest BCUT2D eigenvalue weighted by atomic mass is 10.3. The highest BCUT2D eigenvalue weighted by Gasteiger charge is 2.27. The molecule has 0 aliphatic rings. The predicted octanol–water partition coefficient (Wildman–Crippen LogP) is 0.856.